The Morgan fingerprint density at radius 3 is 2.41 bits per heavy atom. The van der Waals surface area contributed by atoms with Gasteiger partial charge < -0.3 is 15.2 Å². The van der Waals surface area contributed by atoms with Crippen molar-refractivity contribution in [3.8, 4) is 5.75 Å². The average Bonchev–Trinajstić information content (AvgIpc) is 2.64. The van der Waals surface area contributed by atoms with Crippen molar-refractivity contribution in [3.63, 3.8) is 0 Å². The summed E-state index contributed by atoms with van der Waals surface area (Å²) in [6.45, 7) is 4.63. The van der Waals surface area contributed by atoms with Gasteiger partial charge in [0.05, 0.1) is 11.6 Å². The smallest absolute Gasteiger partial charge is 0.416 e. The Kier molecular flexibility index (Phi) is 5.17. The van der Waals surface area contributed by atoms with Crippen LogP contribution in [0.25, 0.3) is 0 Å². The molecule has 1 aliphatic rings. The van der Waals surface area contributed by atoms with Crippen LogP contribution in [-0.2, 0) is 6.18 Å². The lowest BCUT2D eigenvalue weighted by atomic mass is 9.85. The van der Waals surface area contributed by atoms with Crippen LogP contribution in [0.4, 0.5) is 13.2 Å². The molecule has 1 heterocycles. The lowest BCUT2D eigenvalue weighted by molar-refractivity contribution is -0.137. The second kappa shape index (κ2) is 7.18. The molecule has 1 amide bonds. The van der Waals surface area contributed by atoms with Gasteiger partial charge in [0, 0.05) is 16.7 Å². The molecule has 0 unspecified atom stereocenters. The SMILES string of the molecule is CC(=O)c1ccc2c(c1)[C@H](NC(=O)c1cccc(C(F)(F)F)c1)[C@@H](O)C(C)(C)O2. The highest BCUT2D eigenvalue weighted by atomic mass is 19.4. The molecule has 0 fully saturated rings. The van der Waals surface area contributed by atoms with Crippen LogP contribution in [0.3, 0.4) is 0 Å². The van der Waals surface area contributed by atoms with E-state index in [-0.39, 0.29) is 11.3 Å². The maximum atomic E-state index is 13.0. The molecular formula is C21H20F3NO4. The molecule has 1 aliphatic heterocycles. The quantitative estimate of drug-likeness (QED) is 0.757. The van der Waals surface area contributed by atoms with Crippen molar-refractivity contribution in [2.75, 3.05) is 0 Å². The number of carbonyl (C=O) groups is 2. The number of hydrogen-bond acceptors (Lipinski definition) is 4. The average molecular weight is 407 g/mol. The van der Waals surface area contributed by atoms with Crippen molar-refractivity contribution in [2.24, 2.45) is 0 Å². The minimum Gasteiger partial charge on any atom is -0.485 e. The van der Waals surface area contributed by atoms with E-state index < -0.39 is 35.4 Å². The molecule has 0 aromatic heterocycles. The molecule has 0 spiro atoms. The number of benzene rings is 2. The first-order valence-electron chi connectivity index (χ1n) is 8.90. The van der Waals surface area contributed by atoms with Gasteiger partial charge in [-0.15, -0.1) is 0 Å². The number of ketones is 1. The minimum absolute atomic E-state index is 0.194. The normalized spacial score (nSPS) is 20.4. The number of ether oxygens (including phenoxy) is 1. The highest BCUT2D eigenvalue weighted by molar-refractivity contribution is 5.96. The molecule has 0 bridgehead atoms. The van der Waals surface area contributed by atoms with Crippen molar-refractivity contribution in [3.05, 3.63) is 64.7 Å². The molecule has 0 saturated heterocycles. The largest absolute Gasteiger partial charge is 0.485 e. The summed E-state index contributed by atoms with van der Waals surface area (Å²) in [6.07, 6.45) is -5.79. The van der Waals surface area contributed by atoms with E-state index in [0.29, 0.717) is 16.9 Å². The Labute approximate surface area is 165 Å². The van der Waals surface area contributed by atoms with E-state index in [1.165, 1.54) is 19.1 Å². The van der Waals surface area contributed by atoms with Crippen LogP contribution >= 0.6 is 0 Å². The van der Waals surface area contributed by atoms with Crippen LogP contribution in [0.5, 0.6) is 5.75 Å². The molecule has 5 nitrogen and oxygen atoms in total. The second-order valence-corrected chi connectivity index (χ2v) is 7.49. The molecule has 3 rings (SSSR count). The molecule has 154 valence electrons. The number of amides is 1. The molecular weight excluding hydrogens is 387 g/mol. The van der Waals surface area contributed by atoms with Gasteiger partial charge in [-0.25, -0.2) is 0 Å². The van der Waals surface area contributed by atoms with E-state index in [9.17, 15) is 27.9 Å². The summed E-state index contributed by atoms with van der Waals surface area (Å²) in [5.74, 6) is -0.619. The van der Waals surface area contributed by atoms with Crippen LogP contribution in [0, 0.1) is 0 Å². The first kappa shape index (κ1) is 20.9. The fourth-order valence-corrected chi connectivity index (χ4v) is 3.24. The molecule has 29 heavy (non-hydrogen) atoms. The van der Waals surface area contributed by atoms with Gasteiger partial charge in [-0.3, -0.25) is 9.59 Å². The summed E-state index contributed by atoms with van der Waals surface area (Å²) in [6, 6.07) is 7.70. The van der Waals surface area contributed by atoms with Crippen LogP contribution < -0.4 is 10.1 Å². The van der Waals surface area contributed by atoms with E-state index in [1.54, 1.807) is 26.0 Å². The number of Topliss-reactive ketones (excluding diaryl/α,β-unsaturated/α-hetero) is 1. The monoisotopic (exact) mass is 407 g/mol. The number of carbonyl (C=O) groups excluding carboxylic acids is 2. The van der Waals surface area contributed by atoms with Crippen molar-refractivity contribution < 1.29 is 32.6 Å². The molecule has 8 heteroatoms. The number of hydrogen-bond donors (Lipinski definition) is 2. The maximum Gasteiger partial charge on any atom is 0.416 e. The van der Waals surface area contributed by atoms with E-state index in [2.05, 4.69) is 5.32 Å². The van der Waals surface area contributed by atoms with Gasteiger partial charge >= 0.3 is 6.18 Å². The number of fused-ring (bicyclic) bond motifs is 1. The Morgan fingerprint density at radius 2 is 1.79 bits per heavy atom. The zero-order valence-corrected chi connectivity index (χ0v) is 16.0. The Bertz CT molecular complexity index is 969. The molecule has 2 atom stereocenters. The molecule has 0 aliphatic carbocycles. The van der Waals surface area contributed by atoms with Crippen molar-refractivity contribution >= 4 is 11.7 Å². The summed E-state index contributed by atoms with van der Waals surface area (Å²) in [4.78, 5) is 24.4. The number of alkyl halides is 3. The number of aliphatic hydroxyl groups is 1. The van der Waals surface area contributed by atoms with Crippen LogP contribution in [-0.4, -0.2) is 28.5 Å². The zero-order chi connectivity index (χ0) is 21.6. The third kappa shape index (κ3) is 4.12. The third-order valence-corrected chi connectivity index (χ3v) is 4.89. The number of nitrogens with one attached hydrogen (secondary N) is 1. The predicted octanol–water partition coefficient (Wildman–Crippen LogP) is 3.91. The van der Waals surface area contributed by atoms with Gasteiger partial charge in [0.15, 0.2) is 5.78 Å². The molecule has 0 saturated carbocycles. The summed E-state index contributed by atoms with van der Waals surface area (Å²) >= 11 is 0. The summed E-state index contributed by atoms with van der Waals surface area (Å²) in [7, 11) is 0. The first-order chi connectivity index (χ1) is 13.4. The lowest BCUT2D eigenvalue weighted by Crippen LogP contribution is -2.53. The molecule has 2 N–H and O–H groups in total. The van der Waals surface area contributed by atoms with Gasteiger partial charge in [0.2, 0.25) is 0 Å². The molecule has 2 aromatic carbocycles. The van der Waals surface area contributed by atoms with Crippen molar-refractivity contribution in [1.82, 2.24) is 5.32 Å². The fourth-order valence-electron chi connectivity index (χ4n) is 3.24. The van der Waals surface area contributed by atoms with Gasteiger partial charge in [-0.1, -0.05) is 6.07 Å². The van der Waals surface area contributed by atoms with Crippen LogP contribution in [0.2, 0.25) is 0 Å². The Morgan fingerprint density at radius 1 is 1.10 bits per heavy atom. The van der Waals surface area contributed by atoms with Crippen molar-refractivity contribution in [1.29, 1.82) is 0 Å². The van der Waals surface area contributed by atoms with Crippen LogP contribution in [0.1, 0.15) is 58.7 Å². The second-order valence-electron chi connectivity index (χ2n) is 7.49. The van der Waals surface area contributed by atoms with Gasteiger partial charge in [-0.2, -0.15) is 13.2 Å². The first-order valence-corrected chi connectivity index (χ1v) is 8.90. The summed E-state index contributed by atoms with van der Waals surface area (Å²) in [5.41, 5.74) is -1.48. The summed E-state index contributed by atoms with van der Waals surface area (Å²) in [5, 5.41) is 13.3. The van der Waals surface area contributed by atoms with Gasteiger partial charge in [0.25, 0.3) is 5.91 Å². The molecule has 2 aromatic rings. The lowest BCUT2D eigenvalue weighted by Gasteiger charge is -2.42. The van der Waals surface area contributed by atoms with E-state index in [1.807, 2.05) is 0 Å². The topological polar surface area (TPSA) is 75.6 Å². The standard InChI is InChI=1S/C21H20F3NO4/c1-11(26)12-7-8-16-15(10-12)17(18(27)20(2,3)29-16)25-19(28)13-5-4-6-14(9-13)21(22,23)24/h4-10,17-18,27H,1-3H3,(H,25,28)/t17-,18+/m0/s1. The highest BCUT2D eigenvalue weighted by Crippen LogP contribution is 2.40. The third-order valence-electron chi connectivity index (χ3n) is 4.89. The molecule has 0 radical (unpaired) electrons. The van der Waals surface area contributed by atoms with Gasteiger partial charge in [-0.05, 0) is 57.2 Å². The van der Waals surface area contributed by atoms with E-state index in [0.717, 1.165) is 18.2 Å². The van der Waals surface area contributed by atoms with Crippen molar-refractivity contribution in [2.45, 2.75) is 44.7 Å². The Balaban J connectivity index is 1.98. The maximum absolute atomic E-state index is 13.0. The fraction of sp³-hybridized carbons (Fsp3) is 0.333. The number of rotatable bonds is 3. The van der Waals surface area contributed by atoms with Crippen LogP contribution in [0.15, 0.2) is 42.5 Å². The van der Waals surface area contributed by atoms with E-state index >= 15 is 0 Å². The number of aliphatic hydroxyl groups excluding tert-OH is 1. The Hall–Kier alpha value is -2.87. The van der Waals surface area contributed by atoms with Gasteiger partial charge in [0.1, 0.15) is 17.5 Å². The highest BCUT2D eigenvalue weighted by Gasteiger charge is 2.44. The minimum atomic E-state index is -4.58. The van der Waals surface area contributed by atoms with E-state index in [4.69, 9.17) is 4.74 Å². The zero-order valence-electron chi connectivity index (χ0n) is 16.0. The predicted molar refractivity (Wildman–Crippen MR) is 98.8 cm³/mol. The number of halogens is 3. The summed E-state index contributed by atoms with van der Waals surface area (Å²) < 4.78 is 44.6.